The summed E-state index contributed by atoms with van der Waals surface area (Å²) in [4.78, 5) is 11.8. The van der Waals surface area contributed by atoms with Crippen molar-refractivity contribution >= 4 is 5.97 Å². The highest BCUT2D eigenvalue weighted by Gasteiger charge is 2.21. The molecule has 88 valence electrons. The minimum Gasteiger partial charge on any atom is -0.465 e. The minimum absolute atomic E-state index is 0.0129. The van der Waals surface area contributed by atoms with Crippen LogP contribution in [0, 0.1) is 11.8 Å². The summed E-state index contributed by atoms with van der Waals surface area (Å²) in [5, 5.41) is 0. The Morgan fingerprint density at radius 2 is 1.81 bits per heavy atom. The van der Waals surface area contributed by atoms with E-state index in [0.29, 0.717) is 12.5 Å². The van der Waals surface area contributed by atoms with Gasteiger partial charge in [0.15, 0.2) is 0 Å². The van der Waals surface area contributed by atoms with Crippen LogP contribution in [0.25, 0.3) is 0 Å². The maximum Gasteiger partial charge on any atom is 0.309 e. The fraction of sp³-hybridized carbons (Fsp3) is 0.643. The van der Waals surface area contributed by atoms with Crippen LogP contribution in [0.3, 0.4) is 0 Å². The lowest BCUT2D eigenvalue weighted by atomic mass is 9.94. The third-order valence-corrected chi connectivity index (χ3v) is 3.44. The van der Waals surface area contributed by atoms with E-state index in [1.165, 1.54) is 0 Å². The Balaban J connectivity index is 1.70. The highest BCUT2D eigenvalue weighted by molar-refractivity contribution is 5.72. The van der Waals surface area contributed by atoms with Gasteiger partial charge in [0.25, 0.3) is 0 Å². The second-order valence-corrected chi connectivity index (χ2v) is 4.76. The molecule has 0 spiro atoms. The Kier molecular flexibility index (Phi) is 4.20. The van der Waals surface area contributed by atoms with E-state index in [4.69, 9.17) is 4.74 Å². The molecule has 0 saturated heterocycles. The molecule has 0 amide bonds. The van der Waals surface area contributed by atoms with Crippen LogP contribution in [0.1, 0.15) is 38.5 Å². The van der Waals surface area contributed by atoms with Crippen molar-refractivity contribution in [3.05, 3.63) is 24.3 Å². The topological polar surface area (TPSA) is 26.3 Å². The molecule has 0 fully saturated rings. The lowest BCUT2D eigenvalue weighted by Crippen LogP contribution is -2.22. The molecule has 0 radical (unpaired) electrons. The zero-order chi connectivity index (χ0) is 11.2. The molecule has 0 saturated carbocycles. The summed E-state index contributed by atoms with van der Waals surface area (Å²) in [6.45, 7) is 0.614. The number of carbonyl (C=O) groups excluding carboxylic acids is 1. The van der Waals surface area contributed by atoms with Crippen LogP contribution in [0.4, 0.5) is 0 Å². The van der Waals surface area contributed by atoms with Crippen LogP contribution in [-0.4, -0.2) is 12.6 Å². The number of esters is 1. The molecule has 0 aromatic carbocycles. The first-order valence-electron chi connectivity index (χ1n) is 6.33. The van der Waals surface area contributed by atoms with E-state index in [1.54, 1.807) is 0 Å². The quantitative estimate of drug-likeness (QED) is 0.539. The number of allylic oxidation sites excluding steroid dienone is 4. The van der Waals surface area contributed by atoms with E-state index in [2.05, 4.69) is 24.3 Å². The van der Waals surface area contributed by atoms with Gasteiger partial charge in [-0.1, -0.05) is 24.3 Å². The van der Waals surface area contributed by atoms with Gasteiger partial charge in [-0.15, -0.1) is 0 Å². The highest BCUT2D eigenvalue weighted by Crippen LogP contribution is 2.22. The van der Waals surface area contributed by atoms with E-state index in [0.717, 1.165) is 38.5 Å². The van der Waals surface area contributed by atoms with Crippen molar-refractivity contribution in [3.8, 4) is 0 Å². The Morgan fingerprint density at radius 1 is 1.06 bits per heavy atom. The van der Waals surface area contributed by atoms with Crippen LogP contribution >= 0.6 is 0 Å². The summed E-state index contributed by atoms with van der Waals surface area (Å²) in [6.07, 6.45) is 14.9. The van der Waals surface area contributed by atoms with Gasteiger partial charge in [-0.25, -0.2) is 0 Å². The summed E-state index contributed by atoms with van der Waals surface area (Å²) >= 11 is 0. The third-order valence-electron chi connectivity index (χ3n) is 3.44. The zero-order valence-corrected chi connectivity index (χ0v) is 9.73. The zero-order valence-electron chi connectivity index (χ0n) is 9.73. The Morgan fingerprint density at radius 3 is 2.44 bits per heavy atom. The van der Waals surface area contributed by atoms with Gasteiger partial charge in [0.2, 0.25) is 0 Å². The Hall–Kier alpha value is -1.05. The van der Waals surface area contributed by atoms with Crippen molar-refractivity contribution in [3.63, 3.8) is 0 Å². The van der Waals surface area contributed by atoms with Gasteiger partial charge in [-0.3, -0.25) is 4.79 Å². The van der Waals surface area contributed by atoms with E-state index in [-0.39, 0.29) is 11.9 Å². The molecule has 0 aromatic heterocycles. The van der Waals surface area contributed by atoms with Crippen molar-refractivity contribution in [1.29, 1.82) is 0 Å². The SMILES string of the molecule is O=C(OC[C@H]1CC=CCC1)[C@@H]1CC=CCC1. The predicted molar refractivity (Wildman–Crippen MR) is 63.9 cm³/mol. The predicted octanol–water partition coefficient (Wildman–Crippen LogP) is 3.24. The van der Waals surface area contributed by atoms with Crippen molar-refractivity contribution in [1.82, 2.24) is 0 Å². The van der Waals surface area contributed by atoms with Gasteiger partial charge < -0.3 is 4.74 Å². The average molecular weight is 220 g/mol. The number of hydrogen-bond donors (Lipinski definition) is 0. The largest absolute Gasteiger partial charge is 0.465 e. The molecule has 2 heteroatoms. The molecule has 16 heavy (non-hydrogen) atoms. The lowest BCUT2D eigenvalue weighted by Gasteiger charge is -2.20. The number of rotatable bonds is 3. The molecule has 2 nitrogen and oxygen atoms in total. The maximum atomic E-state index is 11.8. The maximum absolute atomic E-state index is 11.8. The van der Waals surface area contributed by atoms with Gasteiger partial charge in [-0.05, 0) is 44.4 Å². The van der Waals surface area contributed by atoms with Crippen LogP contribution in [0.15, 0.2) is 24.3 Å². The standard InChI is InChI=1S/C14H20O2/c15-14(13-9-5-2-6-10-13)16-11-12-7-3-1-4-8-12/h1-3,5,12-13H,4,6-11H2/t12-,13+/m0/s1. The van der Waals surface area contributed by atoms with Crippen LogP contribution in [-0.2, 0) is 9.53 Å². The van der Waals surface area contributed by atoms with Crippen molar-refractivity contribution in [2.24, 2.45) is 11.8 Å². The number of carbonyl (C=O) groups is 1. The summed E-state index contributed by atoms with van der Waals surface area (Å²) < 4.78 is 5.41. The van der Waals surface area contributed by atoms with Crippen LogP contribution in [0.2, 0.25) is 0 Å². The summed E-state index contributed by atoms with van der Waals surface area (Å²) in [7, 11) is 0. The summed E-state index contributed by atoms with van der Waals surface area (Å²) in [5.74, 6) is 0.677. The first kappa shape index (κ1) is 11.4. The Labute approximate surface area is 97.4 Å². The molecule has 2 rings (SSSR count). The molecule has 2 atom stereocenters. The number of ether oxygens (including phenoxy) is 1. The van der Waals surface area contributed by atoms with Crippen molar-refractivity contribution in [2.75, 3.05) is 6.61 Å². The molecule has 0 bridgehead atoms. The van der Waals surface area contributed by atoms with Gasteiger partial charge in [-0.2, -0.15) is 0 Å². The molecular weight excluding hydrogens is 200 g/mol. The first-order valence-corrected chi connectivity index (χ1v) is 6.33. The molecule has 0 heterocycles. The smallest absolute Gasteiger partial charge is 0.309 e. The normalized spacial score (nSPS) is 29.0. The average Bonchev–Trinajstić information content (AvgIpc) is 2.38. The molecule has 0 unspecified atom stereocenters. The van der Waals surface area contributed by atoms with E-state index < -0.39 is 0 Å². The minimum atomic E-state index is 0.0129. The second-order valence-electron chi connectivity index (χ2n) is 4.76. The molecule has 0 aliphatic heterocycles. The molecule has 0 N–H and O–H groups in total. The molecular formula is C14H20O2. The van der Waals surface area contributed by atoms with E-state index in [9.17, 15) is 4.79 Å². The van der Waals surface area contributed by atoms with Gasteiger partial charge in [0, 0.05) is 0 Å². The number of hydrogen-bond acceptors (Lipinski definition) is 2. The second kappa shape index (κ2) is 5.88. The molecule has 2 aliphatic carbocycles. The monoisotopic (exact) mass is 220 g/mol. The fourth-order valence-corrected chi connectivity index (χ4v) is 2.33. The summed E-state index contributed by atoms with van der Waals surface area (Å²) in [6, 6.07) is 0. The van der Waals surface area contributed by atoms with Crippen molar-refractivity contribution in [2.45, 2.75) is 38.5 Å². The van der Waals surface area contributed by atoms with E-state index in [1.807, 2.05) is 0 Å². The van der Waals surface area contributed by atoms with Gasteiger partial charge in [0.1, 0.15) is 0 Å². The first-order chi connectivity index (χ1) is 7.86. The van der Waals surface area contributed by atoms with Crippen molar-refractivity contribution < 1.29 is 9.53 Å². The highest BCUT2D eigenvalue weighted by atomic mass is 16.5. The van der Waals surface area contributed by atoms with Crippen LogP contribution < -0.4 is 0 Å². The third kappa shape index (κ3) is 3.22. The Bertz CT molecular complexity index is 291. The summed E-state index contributed by atoms with van der Waals surface area (Å²) in [5.41, 5.74) is 0. The lowest BCUT2D eigenvalue weighted by molar-refractivity contribution is -0.150. The molecule has 2 aliphatic rings. The van der Waals surface area contributed by atoms with Gasteiger partial charge >= 0.3 is 5.97 Å². The fourth-order valence-electron chi connectivity index (χ4n) is 2.33. The van der Waals surface area contributed by atoms with Gasteiger partial charge in [0.05, 0.1) is 12.5 Å². The molecule has 0 aromatic rings. The van der Waals surface area contributed by atoms with Crippen LogP contribution in [0.5, 0.6) is 0 Å². The van der Waals surface area contributed by atoms with E-state index >= 15 is 0 Å².